The Morgan fingerprint density at radius 2 is 2.03 bits per heavy atom. The number of nitrogens with zero attached hydrogens (tertiary/aromatic N) is 3. The van der Waals surface area contributed by atoms with E-state index in [-0.39, 0.29) is 12.2 Å². The summed E-state index contributed by atoms with van der Waals surface area (Å²) in [7, 11) is 1.68. The van der Waals surface area contributed by atoms with E-state index in [0.29, 0.717) is 24.7 Å². The molecule has 1 aliphatic rings. The normalized spacial score (nSPS) is 13.5. The van der Waals surface area contributed by atoms with Crippen LogP contribution in [0.25, 0.3) is 11.1 Å². The predicted octanol–water partition coefficient (Wildman–Crippen LogP) is 3.97. The van der Waals surface area contributed by atoms with Crippen molar-refractivity contribution in [3.63, 3.8) is 0 Å². The summed E-state index contributed by atoms with van der Waals surface area (Å²) >= 11 is 0. The van der Waals surface area contributed by atoms with Crippen molar-refractivity contribution in [2.75, 3.05) is 43.6 Å². The second-order valence-corrected chi connectivity index (χ2v) is 7.38. The summed E-state index contributed by atoms with van der Waals surface area (Å²) < 4.78 is 11.1. The molecule has 1 N–H and O–H groups in total. The molecule has 0 amide bonds. The number of morpholine rings is 1. The molecule has 2 aromatic heterocycles. The second kappa shape index (κ2) is 10.1. The highest BCUT2D eigenvalue weighted by Gasteiger charge is 2.17. The lowest BCUT2D eigenvalue weighted by atomic mass is 10.0. The maximum atomic E-state index is 12.8. The lowest BCUT2D eigenvalue weighted by Gasteiger charge is -2.30. The lowest BCUT2D eigenvalue weighted by Crippen LogP contribution is -2.36. The van der Waals surface area contributed by atoms with Gasteiger partial charge in [0.2, 0.25) is 0 Å². The van der Waals surface area contributed by atoms with E-state index in [9.17, 15) is 4.79 Å². The van der Waals surface area contributed by atoms with Crippen LogP contribution in [0.3, 0.4) is 0 Å². The molecule has 7 heteroatoms. The first-order chi connectivity index (χ1) is 15.7. The minimum absolute atomic E-state index is 0.0723. The van der Waals surface area contributed by atoms with E-state index < -0.39 is 0 Å². The van der Waals surface area contributed by atoms with Gasteiger partial charge in [0.1, 0.15) is 17.3 Å². The summed E-state index contributed by atoms with van der Waals surface area (Å²) in [5.41, 5.74) is 4.11. The summed E-state index contributed by atoms with van der Waals surface area (Å²) in [6.45, 7) is 6.80. The molecule has 1 aliphatic heterocycles. The van der Waals surface area contributed by atoms with Gasteiger partial charge in [-0.2, -0.15) is 0 Å². The van der Waals surface area contributed by atoms with Gasteiger partial charge in [-0.15, -0.1) is 0 Å². The highest BCUT2D eigenvalue weighted by molar-refractivity contribution is 5.96. The van der Waals surface area contributed by atoms with Crippen molar-refractivity contribution in [1.29, 1.82) is 0 Å². The van der Waals surface area contributed by atoms with Gasteiger partial charge in [-0.3, -0.25) is 9.78 Å². The fourth-order valence-corrected chi connectivity index (χ4v) is 3.74. The van der Waals surface area contributed by atoms with Crippen LogP contribution in [0.15, 0.2) is 67.6 Å². The average Bonchev–Trinajstić information content (AvgIpc) is 2.86. The summed E-state index contributed by atoms with van der Waals surface area (Å²) in [6, 6.07) is 13.4. The quantitative estimate of drug-likeness (QED) is 0.542. The number of rotatable bonds is 8. The van der Waals surface area contributed by atoms with Crippen molar-refractivity contribution < 1.29 is 14.3 Å². The predicted molar refractivity (Wildman–Crippen MR) is 125 cm³/mol. The van der Waals surface area contributed by atoms with E-state index in [1.165, 1.54) is 0 Å². The number of carbonyl (C=O) groups excluding carboxylic acids is 1. The second-order valence-electron chi connectivity index (χ2n) is 7.38. The number of Topliss-reactive ketones (excluding diaryl/α,β-unsaturated/α-hetero) is 1. The Morgan fingerprint density at radius 1 is 1.19 bits per heavy atom. The van der Waals surface area contributed by atoms with E-state index in [1.54, 1.807) is 43.9 Å². The molecule has 4 rings (SSSR count). The van der Waals surface area contributed by atoms with Crippen LogP contribution in [0.5, 0.6) is 5.75 Å². The van der Waals surface area contributed by atoms with Crippen LogP contribution in [-0.4, -0.2) is 49.2 Å². The highest BCUT2D eigenvalue weighted by Crippen LogP contribution is 2.34. The van der Waals surface area contributed by atoms with Crippen LogP contribution in [0.4, 0.5) is 11.5 Å². The molecule has 0 unspecified atom stereocenters. The van der Waals surface area contributed by atoms with Gasteiger partial charge in [0.25, 0.3) is 0 Å². The molecular formula is C25H26N4O3. The van der Waals surface area contributed by atoms with E-state index in [4.69, 9.17) is 9.47 Å². The van der Waals surface area contributed by atoms with Crippen molar-refractivity contribution in [2.45, 2.75) is 6.42 Å². The fourth-order valence-electron chi connectivity index (χ4n) is 3.74. The summed E-state index contributed by atoms with van der Waals surface area (Å²) in [5.74, 6) is 1.32. The monoisotopic (exact) mass is 430 g/mol. The number of ketones is 1. The Hall–Kier alpha value is -3.71. The molecule has 0 atom stereocenters. The van der Waals surface area contributed by atoms with E-state index >= 15 is 0 Å². The number of anilines is 2. The molecule has 164 valence electrons. The molecule has 0 saturated carbocycles. The zero-order valence-electron chi connectivity index (χ0n) is 18.1. The highest BCUT2D eigenvalue weighted by atomic mass is 16.5. The van der Waals surface area contributed by atoms with E-state index in [0.717, 1.165) is 41.2 Å². The Bertz CT molecular complexity index is 1100. The Kier molecular flexibility index (Phi) is 6.77. The molecule has 0 spiro atoms. The third-order valence-electron chi connectivity index (χ3n) is 5.37. The number of pyridine rings is 2. The third-order valence-corrected chi connectivity index (χ3v) is 5.37. The molecular weight excluding hydrogens is 404 g/mol. The third kappa shape index (κ3) is 4.78. The first-order valence-corrected chi connectivity index (χ1v) is 10.5. The largest absolute Gasteiger partial charge is 0.495 e. The molecule has 1 aromatic carbocycles. The molecule has 32 heavy (non-hydrogen) atoms. The topological polar surface area (TPSA) is 76.6 Å². The molecule has 3 aromatic rings. The minimum atomic E-state index is -0.0723. The first-order valence-electron chi connectivity index (χ1n) is 10.5. The van der Waals surface area contributed by atoms with Gasteiger partial charge in [-0.05, 0) is 42.1 Å². The van der Waals surface area contributed by atoms with Crippen LogP contribution in [0.2, 0.25) is 0 Å². The van der Waals surface area contributed by atoms with Crippen LogP contribution in [0, 0.1) is 0 Å². The van der Waals surface area contributed by atoms with Gasteiger partial charge in [0, 0.05) is 43.0 Å². The van der Waals surface area contributed by atoms with Gasteiger partial charge in [-0.25, -0.2) is 4.98 Å². The molecule has 7 nitrogen and oxygen atoms in total. The zero-order valence-corrected chi connectivity index (χ0v) is 18.1. The van der Waals surface area contributed by atoms with E-state index in [1.807, 2.05) is 12.1 Å². The number of hydrogen-bond acceptors (Lipinski definition) is 7. The number of ether oxygens (including phenoxy) is 2. The minimum Gasteiger partial charge on any atom is -0.495 e. The SMILES string of the molecule is C=CNc1ncc(-c2ccc(N3CCOCC3)c(OC)c2)cc1CC(=O)c1ccccn1. The molecule has 0 radical (unpaired) electrons. The number of methoxy groups -OCH3 is 1. The van der Waals surface area contributed by atoms with Crippen molar-refractivity contribution in [3.8, 4) is 16.9 Å². The fraction of sp³-hybridized carbons (Fsp3) is 0.240. The van der Waals surface area contributed by atoms with Crippen LogP contribution < -0.4 is 15.0 Å². The molecule has 0 bridgehead atoms. The van der Waals surface area contributed by atoms with Crippen molar-refractivity contribution in [1.82, 2.24) is 9.97 Å². The lowest BCUT2D eigenvalue weighted by molar-refractivity contribution is 0.0988. The van der Waals surface area contributed by atoms with E-state index in [2.05, 4.69) is 38.9 Å². The molecule has 1 saturated heterocycles. The van der Waals surface area contributed by atoms with Gasteiger partial charge in [0.05, 0.1) is 26.0 Å². The Morgan fingerprint density at radius 3 is 2.75 bits per heavy atom. The Balaban J connectivity index is 1.65. The number of hydrogen-bond donors (Lipinski definition) is 1. The number of benzene rings is 1. The van der Waals surface area contributed by atoms with Crippen LogP contribution in [0.1, 0.15) is 16.1 Å². The Labute approximate surface area is 187 Å². The number of nitrogens with one attached hydrogen (secondary N) is 1. The summed E-state index contributed by atoms with van der Waals surface area (Å²) in [5, 5.41) is 3.02. The van der Waals surface area contributed by atoms with Crippen molar-refractivity contribution in [2.24, 2.45) is 0 Å². The smallest absolute Gasteiger partial charge is 0.185 e. The summed E-state index contributed by atoms with van der Waals surface area (Å²) in [6.07, 6.45) is 5.13. The van der Waals surface area contributed by atoms with Crippen molar-refractivity contribution in [3.05, 3.63) is 78.9 Å². The zero-order chi connectivity index (χ0) is 22.3. The van der Waals surface area contributed by atoms with Crippen LogP contribution in [-0.2, 0) is 11.2 Å². The standard InChI is InChI=1S/C25H26N4O3/c1-3-26-25-19(15-23(30)21-6-4-5-9-27-21)14-20(17-28-25)18-7-8-22(24(16-18)31-2)29-10-12-32-13-11-29/h3-9,14,16-17H,1,10-13,15H2,2H3,(H,26,28). The number of carbonyl (C=O) groups is 1. The van der Waals surface area contributed by atoms with Crippen LogP contribution >= 0.6 is 0 Å². The maximum Gasteiger partial charge on any atom is 0.185 e. The van der Waals surface area contributed by atoms with Gasteiger partial charge < -0.3 is 19.7 Å². The summed E-state index contributed by atoms with van der Waals surface area (Å²) in [4.78, 5) is 23.7. The maximum absolute atomic E-state index is 12.8. The van der Waals surface area contributed by atoms with Gasteiger partial charge >= 0.3 is 0 Å². The van der Waals surface area contributed by atoms with Gasteiger partial charge in [0.15, 0.2) is 5.78 Å². The molecule has 1 fully saturated rings. The van der Waals surface area contributed by atoms with Crippen molar-refractivity contribution >= 4 is 17.3 Å². The molecule has 3 heterocycles. The molecule has 0 aliphatic carbocycles. The average molecular weight is 431 g/mol. The number of aromatic nitrogens is 2. The first kappa shape index (κ1) is 21.5. The van der Waals surface area contributed by atoms with Gasteiger partial charge in [-0.1, -0.05) is 18.7 Å².